The minimum Gasteiger partial charge on any atom is -0.398 e. The Morgan fingerprint density at radius 2 is 1.79 bits per heavy atom. The number of amides is 2. The van der Waals surface area contributed by atoms with Gasteiger partial charge in [0.1, 0.15) is 10.9 Å². The molecule has 2 aliphatic rings. The van der Waals surface area contributed by atoms with Gasteiger partial charge in [-0.15, -0.1) is 0 Å². The number of fused-ring (bicyclic) bond motifs is 1. The maximum Gasteiger partial charge on any atom is 0.320 e. The summed E-state index contributed by atoms with van der Waals surface area (Å²) in [5, 5.41) is 10.8. The maximum absolute atomic E-state index is 12.0. The average Bonchev–Trinajstić information content (AvgIpc) is 3.42. The van der Waals surface area contributed by atoms with Gasteiger partial charge in [-0.3, -0.25) is 0 Å². The molecule has 1 heterocycles. The van der Waals surface area contributed by atoms with E-state index < -0.39 is 10.0 Å². The Morgan fingerprint density at radius 1 is 1.07 bits per heavy atom. The van der Waals surface area contributed by atoms with Gasteiger partial charge in [-0.05, 0) is 48.6 Å². The number of urea groups is 1. The highest BCUT2D eigenvalue weighted by molar-refractivity contribution is 7.89. The Kier molecular flexibility index (Phi) is 4.49. The first kappa shape index (κ1) is 18.3. The van der Waals surface area contributed by atoms with Crippen molar-refractivity contribution >= 4 is 27.4 Å². The second-order valence-corrected chi connectivity index (χ2v) is 8.64. The van der Waals surface area contributed by atoms with Gasteiger partial charge in [0.15, 0.2) is 0 Å². The summed E-state index contributed by atoms with van der Waals surface area (Å²) < 4.78 is 23.0. The lowest BCUT2D eigenvalue weighted by Gasteiger charge is -2.24. The van der Waals surface area contributed by atoms with Crippen LogP contribution in [0.4, 0.5) is 16.2 Å². The normalized spacial score (nSPS) is 18.3. The van der Waals surface area contributed by atoms with Gasteiger partial charge in [-0.1, -0.05) is 30.0 Å². The van der Waals surface area contributed by atoms with Crippen molar-refractivity contribution in [2.75, 3.05) is 11.1 Å². The maximum atomic E-state index is 12.0. The smallest absolute Gasteiger partial charge is 0.320 e. The molecule has 0 unspecified atom stereocenters. The molecule has 0 saturated heterocycles. The van der Waals surface area contributed by atoms with Crippen molar-refractivity contribution in [2.24, 2.45) is 11.1 Å². The van der Waals surface area contributed by atoms with Crippen LogP contribution in [-0.2, 0) is 16.4 Å². The molecule has 1 aliphatic carbocycles. The molecule has 28 heavy (non-hydrogen) atoms. The molecule has 1 saturated carbocycles. The Hall–Kier alpha value is -3.02. The lowest BCUT2D eigenvalue weighted by molar-refractivity contribution is 0.249. The number of anilines is 2. The Bertz CT molecular complexity index is 1130. The predicted molar refractivity (Wildman–Crippen MR) is 107 cm³/mol. The first-order chi connectivity index (χ1) is 13.3. The van der Waals surface area contributed by atoms with Crippen molar-refractivity contribution in [2.45, 2.75) is 30.2 Å². The first-order valence-electron chi connectivity index (χ1n) is 8.92. The monoisotopic (exact) mass is 396 g/mol. The van der Waals surface area contributed by atoms with E-state index in [1.165, 1.54) is 6.07 Å². The molecule has 144 valence electrons. The molecular formula is C20H20N4O3S. The van der Waals surface area contributed by atoms with E-state index in [1.54, 1.807) is 12.1 Å². The number of benzene rings is 2. The van der Waals surface area contributed by atoms with Crippen molar-refractivity contribution in [1.29, 1.82) is 0 Å². The van der Waals surface area contributed by atoms with E-state index in [2.05, 4.69) is 22.5 Å². The molecule has 2 amide bonds. The number of nitrogens with one attached hydrogen (secondary N) is 2. The van der Waals surface area contributed by atoms with Crippen LogP contribution in [0, 0.1) is 17.8 Å². The highest BCUT2D eigenvalue weighted by Gasteiger charge is 2.24. The molecule has 8 heteroatoms. The largest absolute Gasteiger partial charge is 0.398 e. The van der Waals surface area contributed by atoms with Crippen LogP contribution in [0.3, 0.4) is 0 Å². The molecule has 0 spiro atoms. The molecule has 6 N–H and O–H groups in total. The third-order valence-corrected chi connectivity index (χ3v) is 5.74. The molecule has 1 fully saturated rings. The summed E-state index contributed by atoms with van der Waals surface area (Å²) >= 11 is 0. The topological polar surface area (TPSA) is 127 Å². The SMILES string of the molecule is Nc1cc(Cc2ccc3c(c2)NC(=O)N[C@H]3C#CC2CC2)ccc1S(N)(=O)=O. The Morgan fingerprint density at radius 3 is 2.46 bits per heavy atom. The van der Waals surface area contributed by atoms with Gasteiger partial charge in [0, 0.05) is 17.2 Å². The van der Waals surface area contributed by atoms with Crippen LogP contribution in [0.15, 0.2) is 41.3 Å². The van der Waals surface area contributed by atoms with Gasteiger partial charge in [0.05, 0.1) is 5.69 Å². The third-order valence-electron chi connectivity index (χ3n) is 4.75. The summed E-state index contributed by atoms with van der Waals surface area (Å²) in [5.41, 5.74) is 9.41. The zero-order valence-corrected chi connectivity index (χ0v) is 15.8. The number of carbonyl (C=O) groups excluding carboxylic acids is 1. The highest BCUT2D eigenvalue weighted by atomic mass is 32.2. The van der Waals surface area contributed by atoms with Crippen molar-refractivity contribution in [3.63, 3.8) is 0 Å². The van der Waals surface area contributed by atoms with E-state index in [1.807, 2.05) is 18.2 Å². The van der Waals surface area contributed by atoms with E-state index in [0.29, 0.717) is 12.3 Å². The standard InChI is InChI=1S/C20H20N4O3S/c21-16-10-13(5-8-19(16)28(22,26)27)9-14-3-6-15-17(7-4-12-1-2-12)23-20(25)24-18(15)11-14/h3,5-6,8,10-12,17H,1-2,9,21H2,(H2,22,26,27)(H2,23,24,25)/t17-/m0/s1. The zero-order valence-electron chi connectivity index (χ0n) is 15.0. The minimum absolute atomic E-state index is 0.0860. The summed E-state index contributed by atoms with van der Waals surface area (Å²) in [4.78, 5) is 11.9. The molecule has 2 aromatic rings. The molecular weight excluding hydrogens is 376 g/mol. The van der Waals surface area contributed by atoms with Crippen molar-refractivity contribution in [1.82, 2.24) is 5.32 Å². The van der Waals surface area contributed by atoms with Crippen LogP contribution in [0.1, 0.15) is 35.6 Å². The van der Waals surface area contributed by atoms with Gasteiger partial charge in [0.25, 0.3) is 0 Å². The van der Waals surface area contributed by atoms with Gasteiger partial charge < -0.3 is 16.4 Å². The number of rotatable bonds is 3. The number of hydrogen-bond donors (Lipinski definition) is 4. The van der Waals surface area contributed by atoms with Crippen LogP contribution < -0.4 is 21.5 Å². The molecule has 2 aromatic carbocycles. The molecule has 0 aromatic heterocycles. The number of primary sulfonamides is 1. The fraction of sp³-hybridized carbons (Fsp3) is 0.250. The van der Waals surface area contributed by atoms with E-state index in [9.17, 15) is 13.2 Å². The van der Waals surface area contributed by atoms with Gasteiger partial charge in [0.2, 0.25) is 10.0 Å². The van der Waals surface area contributed by atoms with Gasteiger partial charge >= 0.3 is 6.03 Å². The van der Waals surface area contributed by atoms with E-state index in [-0.39, 0.29) is 22.7 Å². The summed E-state index contributed by atoms with van der Waals surface area (Å²) in [5.74, 6) is 6.82. The fourth-order valence-electron chi connectivity index (χ4n) is 3.19. The van der Waals surface area contributed by atoms with Crippen molar-refractivity contribution in [3.05, 3.63) is 53.1 Å². The Balaban J connectivity index is 1.59. The molecule has 0 bridgehead atoms. The van der Waals surface area contributed by atoms with Gasteiger partial charge in [-0.25, -0.2) is 18.4 Å². The lowest BCUT2D eigenvalue weighted by atomic mass is 9.97. The predicted octanol–water partition coefficient (Wildman–Crippen LogP) is 2.10. The summed E-state index contributed by atoms with van der Waals surface area (Å²) in [6.07, 6.45) is 2.79. The van der Waals surface area contributed by atoms with Crippen LogP contribution in [0.25, 0.3) is 0 Å². The minimum atomic E-state index is -3.85. The second kappa shape index (κ2) is 6.86. The summed E-state index contributed by atoms with van der Waals surface area (Å²) in [6, 6.07) is 9.92. The molecule has 7 nitrogen and oxygen atoms in total. The molecule has 1 atom stereocenters. The second-order valence-electron chi connectivity index (χ2n) is 7.11. The van der Waals surface area contributed by atoms with E-state index >= 15 is 0 Å². The highest BCUT2D eigenvalue weighted by Crippen LogP contribution is 2.31. The van der Waals surface area contributed by atoms with Crippen LogP contribution >= 0.6 is 0 Å². The fourth-order valence-corrected chi connectivity index (χ4v) is 3.83. The van der Waals surface area contributed by atoms with Gasteiger partial charge in [-0.2, -0.15) is 0 Å². The Labute approximate surface area is 163 Å². The van der Waals surface area contributed by atoms with E-state index in [0.717, 1.165) is 35.2 Å². The number of nitrogen functional groups attached to an aromatic ring is 1. The molecule has 4 rings (SSSR count). The number of nitrogens with two attached hydrogens (primary N) is 2. The van der Waals surface area contributed by atoms with Crippen LogP contribution in [0.5, 0.6) is 0 Å². The number of hydrogen-bond acceptors (Lipinski definition) is 4. The average molecular weight is 396 g/mol. The number of carbonyl (C=O) groups is 1. The lowest BCUT2D eigenvalue weighted by Crippen LogP contribution is -2.37. The zero-order chi connectivity index (χ0) is 19.9. The third kappa shape index (κ3) is 3.96. The van der Waals surface area contributed by atoms with Crippen molar-refractivity contribution in [3.8, 4) is 11.8 Å². The van der Waals surface area contributed by atoms with E-state index in [4.69, 9.17) is 10.9 Å². The first-order valence-corrected chi connectivity index (χ1v) is 10.5. The quantitative estimate of drug-likeness (QED) is 0.468. The van der Waals surface area contributed by atoms with Crippen LogP contribution in [-0.4, -0.2) is 14.4 Å². The van der Waals surface area contributed by atoms with Crippen molar-refractivity contribution < 1.29 is 13.2 Å². The summed E-state index contributed by atoms with van der Waals surface area (Å²) in [7, 11) is -3.85. The number of sulfonamides is 1. The van der Waals surface area contributed by atoms with Crippen LogP contribution in [0.2, 0.25) is 0 Å². The molecule has 0 radical (unpaired) electrons. The summed E-state index contributed by atoms with van der Waals surface area (Å²) in [6.45, 7) is 0. The molecule has 1 aliphatic heterocycles.